The molecule has 1 aromatic heterocycles. The van der Waals surface area contributed by atoms with E-state index in [2.05, 4.69) is 16.8 Å². The Hall–Kier alpha value is -0.380. The van der Waals surface area contributed by atoms with Crippen LogP contribution >= 0.6 is 11.3 Å². The Morgan fingerprint density at radius 3 is 3.21 bits per heavy atom. The summed E-state index contributed by atoms with van der Waals surface area (Å²) >= 11 is 1.72. The highest BCUT2D eigenvalue weighted by molar-refractivity contribution is 7.07. The average molecular weight is 212 g/mol. The van der Waals surface area contributed by atoms with Gasteiger partial charge in [-0.05, 0) is 41.7 Å². The van der Waals surface area contributed by atoms with Crippen LogP contribution in [0, 0.1) is 5.92 Å². The number of hydrogen-bond acceptors (Lipinski definition) is 3. The minimum Gasteiger partial charge on any atom is -0.393 e. The van der Waals surface area contributed by atoms with Crippen molar-refractivity contribution >= 4 is 11.3 Å². The van der Waals surface area contributed by atoms with Gasteiger partial charge in [0.05, 0.1) is 12.7 Å². The van der Waals surface area contributed by atoms with Gasteiger partial charge in [0.2, 0.25) is 0 Å². The minimum absolute atomic E-state index is 0.183. The van der Waals surface area contributed by atoms with Crippen molar-refractivity contribution in [2.75, 3.05) is 13.2 Å². The number of aryl methyl sites for hydroxylation is 1. The van der Waals surface area contributed by atoms with Crippen molar-refractivity contribution in [2.45, 2.75) is 25.4 Å². The molecule has 0 spiro atoms. The Morgan fingerprint density at radius 1 is 1.64 bits per heavy atom. The van der Waals surface area contributed by atoms with Crippen LogP contribution in [0.1, 0.15) is 18.4 Å². The molecule has 1 aliphatic rings. The van der Waals surface area contributed by atoms with Crippen molar-refractivity contribution in [1.82, 2.24) is 0 Å². The zero-order valence-corrected chi connectivity index (χ0v) is 9.00. The van der Waals surface area contributed by atoms with Crippen LogP contribution in [0.25, 0.3) is 0 Å². The van der Waals surface area contributed by atoms with Gasteiger partial charge in [0.1, 0.15) is 0 Å². The first kappa shape index (κ1) is 10.1. The molecule has 1 aromatic rings. The Labute approximate surface area is 88.5 Å². The molecule has 0 aliphatic carbocycles. The molecule has 2 atom stereocenters. The van der Waals surface area contributed by atoms with Crippen molar-refractivity contribution in [3.63, 3.8) is 0 Å². The summed E-state index contributed by atoms with van der Waals surface area (Å²) in [5, 5.41) is 14.1. The van der Waals surface area contributed by atoms with Gasteiger partial charge in [-0.3, -0.25) is 0 Å². The third-order valence-electron chi connectivity index (χ3n) is 2.82. The lowest BCUT2D eigenvalue weighted by molar-refractivity contribution is 0.0851. The second-order valence-corrected chi connectivity index (χ2v) is 4.64. The van der Waals surface area contributed by atoms with E-state index >= 15 is 0 Å². The fourth-order valence-electron chi connectivity index (χ4n) is 1.84. The van der Waals surface area contributed by atoms with E-state index in [1.54, 1.807) is 11.3 Å². The van der Waals surface area contributed by atoms with Crippen LogP contribution in [0.2, 0.25) is 0 Å². The highest BCUT2D eigenvalue weighted by Crippen LogP contribution is 2.20. The molecule has 0 radical (unpaired) electrons. The monoisotopic (exact) mass is 212 g/mol. The van der Waals surface area contributed by atoms with Crippen LogP contribution in [0.5, 0.6) is 0 Å². The summed E-state index contributed by atoms with van der Waals surface area (Å²) in [6, 6.07) is 2.13. The molecule has 3 heteroatoms. The van der Waals surface area contributed by atoms with Crippen molar-refractivity contribution in [3.8, 4) is 0 Å². The smallest absolute Gasteiger partial charge is 0.0594 e. The van der Waals surface area contributed by atoms with Gasteiger partial charge in [-0.2, -0.15) is 11.3 Å². The van der Waals surface area contributed by atoms with E-state index < -0.39 is 0 Å². The zero-order valence-electron chi connectivity index (χ0n) is 8.19. The molecule has 1 saturated heterocycles. The van der Waals surface area contributed by atoms with Gasteiger partial charge in [0.15, 0.2) is 0 Å². The quantitative estimate of drug-likeness (QED) is 0.828. The standard InChI is InChI=1S/C11H16O2S/c12-11(10-3-5-13-7-10)2-1-9-4-6-14-8-9/h4,6,8,10-12H,1-3,5,7H2. The van der Waals surface area contributed by atoms with Gasteiger partial charge in [0.25, 0.3) is 0 Å². The third kappa shape index (κ3) is 2.56. The molecule has 2 nitrogen and oxygen atoms in total. The summed E-state index contributed by atoms with van der Waals surface area (Å²) in [5.41, 5.74) is 1.34. The number of thiophene rings is 1. The molecule has 1 N–H and O–H groups in total. The lowest BCUT2D eigenvalue weighted by Crippen LogP contribution is -2.21. The Balaban J connectivity index is 1.74. The van der Waals surface area contributed by atoms with Gasteiger partial charge in [-0.15, -0.1) is 0 Å². The van der Waals surface area contributed by atoms with E-state index in [-0.39, 0.29) is 6.10 Å². The summed E-state index contributed by atoms with van der Waals surface area (Å²) in [6.07, 6.45) is 2.69. The lowest BCUT2D eigenvalue weighted by Gasteiger charge is -2.15. The van der Waals surface area contributed by atoms with Gasteiger partial charge < -0.3 is 9.84 Å². The first-order chi connectivity index (χ1) is 6.86. The summed E-state index contributed by atoms with van der Waals surface area (Å²) in [5.74, 6) is 0.369. The summed E-state index contributed by atoms with van der Waals surface area (Å²) in [6.45, 7) is 1.56. The second kappa shape index (κ2) is 4.91. The normalized spacial score (nSPS) is 23.9. The van der Waals surface area contributed by atoms with Gasteiger partial charge in [-0.25, -0.2) is 0 Å². The fourth-order valence-corrected chi connectivity index (χ4v) is 2.54. The molecule has 0 aromatic carbocycles. The molecular formula is C11H16O2S. The number of hydrogen-bond donors (Lipinski definition) is 1. The zero-order chi connectivity index (χ0) is 9.80. The first-order valence-electron chi connectivity index (χ1n) is 5.13. The maximum absolute atomic E-state index is 9.87. The van der Waals surface area contributed by atoms with Gasteiger partial charge in [-0.1, -0.05) is 0 Å². The van der Waals surface area contributed by atoms with Gasteiger partial charge in [0, 0.05) is 12.5 Å². The molecule has 0 amide bonds. The Morgan fingerprint density at radius 2 is 2.57 bits per heavy atom. The largest absolute Gasteiger partial charge is 0.393 e. The molecule has 2 heterocycles. The van der Waals surface area contributed by atoms with Crippen LogP contribution in [-0.4, -0.2) is 24.4 Å². The number of aliphatic hydroxyl groups is 1. The highest BCUT2D eigenvalue weighted by atomic mass is 32.1. The van der Waals surface area contributed by atoms with Crippen LogP contribution in [0.4, 0.5) is 0 Å². The number of rotatable bonds is 4. The van der Waals surface area contributed by atoms with E-state index in [0.717, 1.165) is 32.5 Å². The predicted molar refractivity (Wildman–Crippen MR) is 57.6 cm³/mol. The molecule has 1 aliphatic heterocycles. The van der Waals surface area contributed by atoms with Crippen molar-refractivity contribution in [2.24, 2.45) is 5.92 Å². The van der Waals surface area contributed by atoms with Crippen molar-refractivity contribution in [3.05, 3.63) is 22.4 Å². The molecule has 0 saturated carbocycles. The molecule has 14 heavy (non-hydrogen) atoms. The van der Waals surface area contributed by atoms with E-state index in [1.165, 1.54) is 5.56 Å². The summed E-state index contributed by atoms with van der Waals surface area (Å²) in [7, 11) is 0. The highest BCUT2D eigenvalue weighted by Gasteiger charge is 2.23. The summed E-state index contributed by atoms with van der Waals surface area (Å²) in [4.78, 5) is 0. The number of aliphatic hydroxyl groups excluding tert-OH is 1. The SMILES string of the molecule is OC(CCc1ccsc1)C1CCOC1. The first-order valence-corrected chi connectivity index (χ1v) is 6.07. The van der Waals surface area contributed by atoms with Crippen LogP contribution < -0.4 is 0 Å². The van der Waals surface area contributed by atoms with E-state index in [9.17, 15) is 5.11 Å². The Bertz CT molecular complexity index is 252. The molecule has 78 valence electrons. The van der Waals surface area contributed by atoms with E-state index in [4.69, 9.17) is 4.74 Å². The maximum Gasteiger partial charge on any atom is 0.0594 e. The molecule has 2 rings (SSSR count). The topological polar surface area (TPSA) is 29.5 Å². The molecule has 1 fully saturated rings. The number of ether oxygens (including phenoxy) is 1. The van der Waals surface area contributed by atoms with Gasteiger partial charge >= 0.3 is 0 Å². The fraction of sp³-hybridized carbons (Fsp3) is 0.636. The molecule has 0 bridgehead atoms. The second-order valence-electron chi connectivity index (χ2n) is 3.86. The van der Waals surface area contributed by atoms with Crippen molar-refractivity contribution < 1.29 is 9.84 Å². The van der Waals surface area contributed by atoms with E-state index in [1.807, 2.05) is 0 Å². The third-order valence-corrected chi connectivity index (χ3v) is 3.55. The van der Waals surface area contributed by atoms with E-state index in [0.29, 0.717) is 5.92 Å². The minimum atomic E-state index is -0.183. The van der Waals surface area contributed by atoms with Crippen LogP contribution in [0.15, 0.2) is 16.8 Å². The average Bonchev–Trinajstić information content (AvgIpc) is 2.87. The molecule has 2 unspecified atom stereocenters. The Kier molecular flexibility index (Phi) is 3.56. The van der Waals surface area contributed by atoms with Crippen LogP contribution in [0.3, 0.4) is 0 Å². The maximum atomic E-state index is 9.87. The lowest BCUT2D eigenvalue weighted by atomic mass is 9.96. The van der Waals surface area contributed by atoms with Crippen molar-refractivity contribution in [1.29, 1.82) is 0 Å². The van der Waals surface area contributed by atoms with Crippen LogP contribution in [-0.2, 0) is 11.2 Å². The predicted octanol–water partition coefficient (Wildman–Crippen LogP) is 2.08. The molecular weight excluding hydrogens is 196 g/mol. The summed E-state index contributed by atoms with van der Waals surface area (Å²) < 4.78 is 5.26.